The van der Waals surface area contributed by atoms with E-state index < -0.39 is 0 Å². The third-order valence-corrected chi connectivity index (χ3v) is 3.48. The number of nitrogen functional groups attached to an aromatic ring is 1. The molecule has 0 fully saturated rings. The Morgan fingerprint density at radius 1 is 1.25 bits per heavy atom. The highest BCUT2D eigenvalue weighted by molar-refractivity contribution is 9.10. The number of nitrogens with one attached hydrogen (secondary N) is 1. The summed E-state index contributed by atoms with van der Waals surface area (Å²) in [6.07, 6.45) is 0. The molecule has 4 nitrogen and oxygen atoms in total. The molecule has 0 aliphatic rings. The second kappa shape index (κ2) is 5.96. The highest BCUT2D eigenvalue weighted by atomic mass is 79.9. The molecule has 2 rings (SSSR count). The number of rotatable bonds is 3. The minimum atomic E-state index is -0.233. The Balaban J connectivity index is 2.23. The molecule has 0 aliphatic heterocycles. The second-order valence-corrected chi connectivity index (χ2v) is 5.25. The number of halogens is 1. The zero-order valence-corrected chi connectivity index (χ0v) is 12.8. The number of hydrogen-bond acceptors (Lipinski definition) is 3. The van der Waals surface area contributed by atoms with Crippen LogP contribution in [0.2, 0.25) is 0 Å². The van der Waals surface area contributed by atoms with Crippen LogP contribution in [0.25, 0.3) is 0 Å². The van der Waals surface area contributed by atoms with Crippen molar-refractivity contribution in [3.05, 3.63) is 52.0 Å². The van der Waals surface area contributed by atoms with Crippen molar-refractivity contribution >= 4 is 33.2 Å². The topological polar surface area (TPSA) is 64.3 Å². The second-order valence-electron chi connectivity index (χ2n) is 4.39. The van der Waals surface area contributed by atoms with Gasteiger partial charge in [-0.2, -0.15) is 0 Å². The fourth-order valence-corrected chi connectivity index (χ4v) is 2.35. The molecule has 2 aromatic carbocycles. The van der Waals surface area contributed by atoms with Crippen molar-refractivity contribution in [1.82, 2.24) is 0 Å². The SMILES string of the molecule is COc1ccc(NC(=O)c2cc(C)ccc2N)cc1Br. The Labute approximate surface area is 126 Å². The Kier molecular flexibility index (Phi) is 4.29. The summed E-state index contributed by atoms with van der Waals surface area (Å²) < 4.78 is 5.92. The maximum atomic E-state index is 12.2. The summed E-state index contributed by atoms with van der Waals surface area (Å²) in [5.41, 5.74) is 8.41. The summed E-state index contributed by atoms with van der Waals surface area (Å²) in [7, 11) is 1.59. The molecule has 0 atom stereocenters. The van der Waals surface area contributed by atoms with Gasteiger partial charge in [0.1, 0.15) is 5.75 Å². The summed E-state index contributed by atoms with van der Waals surface area (Å²) in [5.74, 6) is 0.473. The lowest BCUT2D eigenvalue weighted by Gasteiger charge is -2.10. The van der Waals surface area contributed by atoms with Gasteiger partial charge in [0, 0.05) is 11.4 Å². The molecule has 0 saturated carbocycles. The minimum Gasteiger partial charge on any atom is -0.496 e. The number of nitrogens with two attached hydrogens (primary N) is 1. The molecule has 1 amide bonds. The molecule has 0 aromatic heterocycles. The Morgan fingerprint density at radius 2 is 2.00 bits per heavy atom. The van der Waals surface area contributed by atoms with Crippen LogP contribution in [-0.2, 0) is 0 Å². The summed E-state index contributed by atoms with van der Waals surface area (Å²) >= 11 is 3.38. The normalized spacial score (nSPS) is 10.2. The molecule has 0 aliphatic carbocycles. The van der Waals surface area contributed by atoms with Gasteiger partial charge in [-0.3, -0.25) is 4.79 Å². The highest BCUT2D eigenvalue weighted by Gasteiger charge is 2.11. The number of carbonyl (C=O) groups is 1. The van der Waals surface area contributed by atoms with Gasteiger partial charge in [-0.15, -0.1) is 0 Å². The number of hydrogen-bond donors (Lipinski definition) is 2. The summed E-state index contributed by atoms with van der Waals surface area (Å²) in [6.45, 7) is 1.92. The molecular formula is C15H15BrN2O2. The van der Waals surface area contributed by atoms with E-state index in [2.05, 4.69) is 21.2 Å². The van der Waals surface area contributed by atoms with Crippen molar-refractivity contribution in [2.45, 2.75) is 6.92 Å². The van der Waals surface area contributed by atoms with Gasteiger partial charge >= 0.3 is 0 Å². The van der Waals surface area contributed by atoms with Crippen LogP contribution >= 0.6 is 15.9 Å². The molecule has 0 unspecified atom stereocenters. The van der Waals surface area contributed by atoms with E-state index in [9.17, 15) is 4.79 Å². The first-order valence-electron chi connectivity index (χ1n) is 6.02. The van der Waals surface area contributed by atoms with Gasteiger partial charge in [0.05, 0.1) is 17.1 Å². The summed E-state index contributed by atoms with van der Waals surface area (Å²) in [6, 6.07) is 10.7. The largest absolute Gasteiger partial charge is 0.496 e. The molecule has 20 heavy (non-hydrogen) atoms. The lowest BCUT2D eigenvalue weighted by molar-refractivity contribution is 0.102. The van der Waals surface area contributed by atoms with Crippen LogP contribution in [0.4, 0.5) is 11.4 Å². The third kappa shape index (κ3) is 3.11. The monoisotopic (exact) mass is 334 g/mol. The molecule has 2 aromatic rings. The van der Waals surface area contributed by atoms with Gasteiger partial charge in [0.25, 0.3) is 5.91 Å². The Morgan fingerprint density at radius 3 is 2.65 bits per heavy atom. The van der Waals surface area contributed by atoms with Crippen molar-refractivity contribution in [2.75, 3.05) is 18.2 Å². The fraction of sp³-hybridized carbons (Fsp3) is 0.133. The average molecular weight is 335 g/mol. The number of anilines is 2. The van der Waals surface area contributed by atoms with Crippen molar-refractivity contribution in [3.8, 4) is 5.75 Å². The van der Waals surface area contributed by atoms with E-state index in [0.29, 0.717) is 22.7 Å². The fourth-order valence-electron chi connectivity index (χ4n) is 1.81. The molecule has 0 bridgehead atoms. The van der Waals surface area contributed by atoms with Crippen LogP contribution in [0.1, 0.15) is 15.9 Å². The third-order valence-electron chi connectivity index (χ3n) is 2.86. The molecule has 0 radical (unpaired) electrons. The van der Waals surface area contributed by atoms with Crippen LogP contribution in [0.15, 0.2) is 40.9 Å². The van der Waals surface area contributed by atoms with E-state index >= 15 is 0 Å². The maximum Gasteiger partial charge on any atom is 0.257 e. The van der Waals surface area contributed by atoms with Gasteiger partial charge in [-0.25, -0.2) is 0 Å². The molecule has 0 heterocycles. The molecular weight excluding hydrogens is 320 g/mol. The number of aryl methyl sites for hydroxylation is 1. The zero-order chi connectivity index (χ0) is 14.7. The van der Waals surface area contributed by atoms with Gasteiger partial charge in [0.2, 0.25) is 0 Å². The van der Waals surface area contributed by atoms with E-state index in [1.165, 1.54) is 0 Å². The molecule has 3 N–H and O–H groups in total. The van der Waals surface area contributed by atoms with Crippen molar-refractivity contribution in [3.63, 3.8) is 0 Å². The van der Waals surface area contributed by atoms with E-state index in [0.717, 1.165) is 10.0 Å². The van der Waals surface area contributed by atoms with Crippen LogP contribution in [0.5, 0.6) is 5.75 Å². The minimum absolute atomic E-state index is 0.233. The summed E-state index contributed by atoms with van der Waals surface area (Å²) in [4.78, 5) is 12.2. The van der Waals surface area contributed by atoms with E-state index in [4.69, 9.17) is 10.5 Å². The standard InChI is InChI=1S/C15H15BrN2O2/c1-9-3-5-13(17)11(7-9)15(19)18-10-4-6-14(20-2)12(16)8-10/h3-8H,17H2,1-2H3,(H,18,19). The van der Waals surface area contributed by atoms with Gasteiger partial charge < -0.3 is 15.8 Å². The maximum absolute atomic E-state index is 12.2. The number of methoxy groups -OCH3 is 1. The van der Waals surface area contributed by atoms with Crippen molar-refractivity contribution in [2.24, 2.45) is 0 Å². The van der Waals surface area contributed by atoms with E-state index in [1.54, 1.807) is 37.4 Å². The number of benzene rings is 2. The lowest BCUT2D eigenvalue weighted by atomic mass is 10.1. The van der Waals surface area contributed by atoms with Gasteiger partial charge in [0.15, 0.2) is 0 Å². The van der Waals surface area contributed by atoms with Gasteiger partial charge in [-0.1, -0.05) is 11.6 Å². The quantitative estimate of drug-likeness (QED) is 0.843. The average Bonchev–Trinajstić information content (AvgIpc) is 2.41. The zero-order valence-electron chi connectivity index (χ0n) is 11.2. The van der Waals surface area contributed by atoms with Crippen LogP contribution in [-0.4, -0.2) is 13.0 Å². The van der Waals surface area contributed by atoms with Crippen molar-refractivity contribution < 1.29 is 9.53 Å². The molecule has 0 saturated heterocycles. The first-order valence-corrected chi connectivity index (χ1v) is 6.81. The van der Waals surface area contributed by atoms with E-state index in [1.807, 2.05) is 13.0 Å². The predicted molar refractivity (Wildman–Crippen MR) is 84.2 cm³/mol. The smallest absolute Gasteiger partial charge is 0.257 e. The summed E-state index contributed by atoms with van der Waals surface area (Å²) in [5, 5.41) is 2.81. The van der Waals surface area contributed by atoms with Crippen LogP contribution in [0.3, 0.4) is 0 Å². The Hall–Kier alpha value is -2.01. The Bertz CT molecular complexity index is 656. The van der Waals surface area contributed by atoms with E-state index in [-0.39, 0.29) is 5.91 Å². The first-order chi connectivity index (χ1) is 9.51. The first kappa shape index (κ1) is 14.4. The number of ether oxygens (including phenoxy) is 1. The highest BCUT2D eigenvalue weighted by Crippen LogP contribution is 2.28. The molecule has 5 heteroatoms. The van der Waals surface area contributed by atoms with Crippen LogP contribution in [0, 0.1) is 6.92 Å². The molecule has 104 valence electrons. The van der Waals surface area contributed by atoms with Crippen molar-refractivity contribution in [1.29, 1.82) is 0 Å². The molecule has 0 spiro atoms. The number of carbonyl (C=O) groups excluding carboxylic acids is 1. The van der Waals surface area contributed by atoms with Crippen LogP contribution < -0.4 is 15.8 Å². The van der Waals surface area contributed by atoms with Gasteiger partial charge in [-0.05, 0) is 53.2 Å². The number of amides is 1. The predicted octanol–water partition coefficient (Wildman–Crippen LogP) is 3.60. The lowest BCUT2D eigenvalue weighted by Crippen LogP contribution is -2.14.